The molecule has 6 nitrogen and oxygen atoms in total. The van der Waals surface area contributed by atoms with Crippen LogP contribution in [-0.2, 0) is 24.4 Å². The predicted molar refractivity (Wildman–Crippen MR) is 110 cm³/mol. The number of ether oxygens (including phenoxy) is 1. The zero-order valence-electron chi connectivity index (χ0n) is 15.9. The maximum Gasteiger partial charge on any atom is 0.230 e. The molecule has 7 heteroatoms. The number of amides is 1. The van der Waals surface area contributed by atoms with Crippen molar-refractivity contribution in [3.05, 3.63) is 72.1 Å². The monoisotopic (exact) mass is 396 g/mol. The van der Waals surface area contributed by atoms with Gasteiger partial charge in [0.2, 0.25) is 5.91 Å². The number of carbonyl (C=O) groups excluding carboxylic acids is 1. The van der Waals surface area contributed by atoms with Gasteiger partial charge >= 0.3 is 0 Å². The first-order valence-electron chi connectivity index (χ1n) is 9.29. The quantitative estimate of drug-likeness (QED) is 0.533. The van der Waals surface area contributed by atoms with E-state index >= 15 is 0 Å². The fourth-order valence-electron chi connectivity index (χ4n) is 2.69. The van der Waals surface area contributed by atoms with E-state index in [1.807, 2.05) is 60.0 Å². The van der Waals surface area contributed by atoms with Crippen LogP contribution in [0.4, 0.5) is 0 Å². The average molecular weight is 397 g/mol. The Morgan fingerprint density at radius 3 is 2.50 bits per heavy atom. The molecule has 0 radical (unpaired) electrons. The van der Waals surface area contributed by atoms with Crippen LogP contribution in [0.25, 0.3) is 0 Å². The Bertz CT molecular complexity index is 869. The van der Waals surface area contributed by atoms with Gasteiger partial charge in [-0.3, -0.25) is 4.79 Å². The maximum atomic E-state index is 12.1. The minimum atomic E-state index is -0.00586. The summed E-state index contributed by atoms with van der Waals surface area (Å²) in [5.74, 6) is 1.85. The molecule has 1 heterocycles. The zero-order valence-corrected chi connectivity index (χ0v) is 16.7. The van der Waals surface area contributed by atoms with Gasteiger partial charge in [-0.15, -0.1) is 10.2 Å². The van der Waals surface area contributed by atoms with Gasteiger partial charge in [0.15, 0.2) is 11.0 Å². The van der Waals surface area contributed by atoms with Crippen LogP contribution >= 0.6 is 11.8 Å². The van der Waals surface area contributed by atoms with E-state index in [2.05, 4.69) is 27.6 Å². The van der Waals surface area contributed by atoms with Crippen molar-refractivity contribution in [3.63, 3.8) is 0 Å². The topological polar surface area (TPSA) is 69.0 Å². The number of hydrogen-bond acceptors (Lipinski definition) is 5. The summed E-state index contributed by atoms with van der Waals surface area (Å²) in [5.41, 5.74) is 1.21. The summed E-state index contributed by atoms with van der Waals surface area (Å²) >= 11 is 1.39. The molecular weight excluding hydrogens is 372 g/mol. The normalized spacial score (nSPS) is 10.6. The molecule has 0 saturated carbocycles. The number of benzene rings is 2. The standard InChI is InChI=1S/C21H24N4O2S/c1-2-25-19(15-27-18-11-7-4-8-12-18)23-24-21(25)28-16-20(26)22-14-13-17-9-5-3-6-10-17/h3-12H,2,13-16H2,1H3,(H,22,26). The average Bonchev–Trinajstić information content (AvgIpc) is 3.14. The fourth-order valence-corrected chi connectivity index (χ4v) is 3.54. The van der Waals surface area contributed by atoms with Gasteiger partial charge in [-0.2, -0.15) is 0 Å². The molecule has 3 rings (SSSR count). The van der Waals surface area contributed by atoms with E-state index in [1.165, 1.54) is 17.3 Å². The molecule has 0 atom stereocenters. The van der Waals surface area contributed by atoms with E-state index in [0.29, 0.717) is 18.9 Å². The van der Waals surface area contributed by atoms with Crippen LogP contribution in [-0.4, -0.2) is 33.0 Å². The Morgan fingerprint density at radius 1 is 1.07 bits per heavy atom. The number of nitrogens with one attached hydrogen (secondary N) is 1. The lowest BCUT2D eigenvalue weighted by molar-refractivity contribution is -0.118. The van der Waals surface area contributed by atoms with Crippen LogP contribution in [0.5, 0.6) is 5.75 Å². The van der Waals surface area contributed by atoms with E-state index in [4.69, 9.17) is 4.74 Å². The van der Waals surface area contributed by atoms with E-state index in [9.17, 15) is 4.79 Å². The summed E-state index contributed by atoms with van der Waals surface area (Å²) < 4.78 is 7.73. The van der Waals surface area contributed by atoms with E-state index in [1.54, 1.807) is 0 Å². The molecule has 0 aliphatic carbocycles. The third-order valence-corrected chi connectivity index (χ3v) is 5.10. The van der Waals surface area contributed by atoms with Crippen LogP contribution in [0.15, 0.2) is 65.8 Å². The van der Waals surface area contributed by atoms with E-state index in [-0.39, 0.29) is 5.91 Å². The van der Waals surface area contributed by atoms with Crippen LogP contribution in [0, 0.1) is 0 Å². The molecule has 146 valence electrons. The Kier molecular flexibility index (Phi) is 7.49. The van der Waals surface area contributed by atoms with Crippen molar-refractivity contribution in [1.82, 2.24) is 20.1 Å². The van der Waals surface area contributed by atoms with Crippen molar-refractivity contribution >= 4 is 17.7 Å². The van der Waals surface area contributed by atoms with E-state index < -0.39 is 0 Å². The molecule has 2 aromatic carbocycles. The highest BCUT2D eigenvalue weighted by molar-refractivity contribution is 7.99. The highest BCUT2D eigenvalue weighted by Gasteiger charge is 2.13. The van der Waals surface area contributed by atoms with Gasteiger partial charge in [-0.25, -0.2) is 0 Å². The number of aromatic nitrogens is 3. The van der Waals surface area contributed by atoms with Crippen molar-refractivity contribution in [2.24, 2.45) is 0 Å². The van der Waals surface area contributed by atoms with Crippen LogP contribution in [0.2, 0.25) is 0 Å². The van der Waals surface area contributed by atoms with Crippen molar-refractivity contribution < 1.29 is 9.53 Å². The van der Waals surface area contributed by atoms with Crippen LogP contribution < -0.4 is 10.1 Å². The summed E-state index contributed by atoms with van der Waals surface area (Å²) in [5, 5.41) is 12.1. The van der Waals surface area contributed by atoms with Gasteiger partial charge in [0.1, 0.15) is 12.4 Å². The minimum absolute atomic E-state index is 0.00586. The molecule has 0 fully saturated rings. The van der Waals surface area contributed by atoms with Gasteiger partial charge in [0, 0.05) is 13.1 Å². The number of nitrogens with zero attached hydrogens (tertiary/aromatic N) is 3. The first-order valence-corrected chi connectivity index (χ1v) is 10.3. The van der Waals surface area contributed by atoms with Gasteiger partial charge in [-0.05, 0) is 31.0 Å². The molecular formula is C21H24N4O2S. The highest BCUT2D eigenvalue weighted by atomic mass is 32.2. The van der Waals surface area contributed by atoms with Crippen molar-refractivity contribution in [2.45, 2.75) is 31.7 Å². The highest BCUT2D eigenvalue weighted by Crippen LogP contribution is 2.18. The molecule has 0 aliphatic heterocycles. The van der Waals surface area contributed by atoms with Gasteiger partial charge in [0.25, 0.3) is 0 Å². The summed E-state index contributed by atoms with van der Waals surface area (Å²) in [6.45, 7) is 3.71. The Labute approximate surface area is 169 Å². The molecule has 0 bridgehead atoms. The van der Waals surface area contributed by atoms with Gasteiger partial charge < -0.3 is 14.6 Å². The van der Waals surface area contributed by atoms with Crippen molar-refractivity contribution in [2.75, 3.05) is 12.3 Å². The predicted octanol–water partition coefficient (Wildman–Crippen LogP) is 3.33. The summed E-state index contributed by atoms with van der Waals surface area (Å²) in [6.07, 6.45) is 0.823. The molecule has 0 aliphatic rings. The Hall–Kier alpha value is -2.80. The maximum absolute atomic E-state index is 12.1. The Morgan fingerprint density at radius 2 is 1.79 bits per heavy atom. The second kappa shape index (κ2) is 10.5. The molecule has 28 heavy (non-hydrogen) atoms. The lowest BCUT2D eigenvalue weighted by atomic mass is 10.1. The first kappa shape index (κ1) is 19.9. The van der Waals surface area contributed by atoms with Crippen molar-refractivity contribution in [1.29, 1.82) is 0 Å². The van der Waals surface area contributed by atoms with Gasteiger partial charge in [0.05, 0.1) is 5.75 Å². The van der Waals surface area contributed by atoms with Crippen molar-refractivity contribution in [3.8, 4) is 5.75 Å². The summed E-state index contributed by atoms with van der Waals surface area (Å²) in [6, 6.07) is 19.7. The number of thioether (sulfide) groups is 1. The number of hydrogen-bond donors (Lipinski definition) is 1. The first-order chi connectivity index (χ1) is 13.8. The smallest absolute Gasteiger partial charge is 0.230 e. The molecule has 3 aromatic rings. The number of rotatable bonds is 10. The molecule has 1 amide bonds. The van der Waals surface area contributed by atoms with Crippen LogP contribution in [0.1, 0.15) is 18.3 Å². The van der Waals surface area contributed by atoms with Gasteiger partial charge in [-0.1, -0.05) is 60.3 Å². The summed E-state index contributed by atoms with van der Waals surface area (Å²) in [7, 11) is 0. The summed E-state index contributed by atoms with van der Waals surface area (Å²) in [4.78, 5) is 12.1. The van der Waals surface area contributed by atoms with Crippen LogP contribution in [0.3, 0.4) is 0 Å². The molecule has 0 unspecified atom stereocenters. The Balaban J connectivity index is 1.46. The number of para-hydroxylation sites is 1. The molecule has 0 saturated heterocycles. The zero-order chi connectivity index (χ0) is 19.6. The molecule has 1 N–H and O–H groups in total. The minimum Gasteiger partial charge on any atom is -0.486 e. The second-order valence-corrected chi connectivity index (χ2v) is 7.06. The fraction of sp³-hybridized carbons (Fsp3) is 0.286. The van der Waals surface area contributed by atoms with E-state index in [0.717, 1.165) is 29.7 Å². The number of carbonyl (C=O) groups is 1. The lowest BCUT2D eigenvalue weighted by Gasteiger charge is -2.09. The molecule has 1 aromatic heterocycles. The second-order valence-electron chi connectivity index (χ2n) is 6.12. The SMILES string of the molecule is CCn1c(COc2ccccc2)nnc1SCC(=O)NCCc1ccccc1. The molecule has 0 spiro atoms. The largest absolute Gasteiger partial charge is 0.486 e. The lowest BCUT2D eigenvalue weighted by Crippen LogP contribution is -2.27. The third-order valence-electron chi connectivity index (χ3n) is 4.13. The third kappa shape index (κ3) is 5.85.